The molecule has 0 spiro atoms. The third kappa shape index (κ3) is 2.73. The number of aromatic nitrogens is 2. The molecule has 1 aromatic heterocycles. The molecule has 0 fully saturated rings. The molecular formula is C14H19BrN4. The summed E-state index contributed by atoms with van der Waals surface area (Å²) in [5, 5.41) is 0. The first kappa shape index (κ1) is 14.2. The molecule has 102 valence electrons. The van der Waals surface area contributed by atoms with E-state index in [1.807, 2.05) is 39.3 Å². The van der Waals surface area contributed by atoms with Gasteiger partial charge in [-0.2, -0.15) is 0 Å². The summed E-state index contributed by atoms with van der Waals surface area (Å²) in [6.07, 6.45) is 0. The molecule has 0 aliphatic carbocycles. The molecule has 0 radical (unpaired) electrons. The van der Waals surface area contributed by atoms with Crippen LogP contribution in [0.5, 0.6) is 0 Å². The molecular weight excluding hydrogens is 304 g/mol. The van der Waals surface area contributed by atoms with Gasteiger partial charge in [0.05, 0.1) is 11.7 Å². The molecule has 1 atom stereocenters. The van der Waals surface area contributed by atoms with E-state index >= 15 is 0 Å². The second-order valence-electron chi connectivity index (χ2n) is 4.75. The Morgan fingerprint density at radius 3 is 2.47 bits per heavy atom. The van der Waals surface area contributed by atoms with E-state index in [0.29, 0.717) is 6.54 Å². The lowest BCUT2D eigenvalue weighted by molar-refractivity contribution is 0.300. The Labute approximate surface area is 122 Å². The average molecular weight is 323 g/mol. The summed E-state index contributed by atoms with van der Waals surface area (Å²) in [7, 11) is 6.04. The number of nitrogens with two attached hydrogens (primary N) is 1. The van der Waals surface area contributed by atoms with Crippen molar-refractivity contribution in [1.29, 1.82) is 0 Å². The zero-order valence-electron chi connectivity index (χ0n) is 11.5. The Morgan fingerprint density at radius 2 is 1.95 bits per heavy atom. The van der Waals surface area contributed by atoms with Crippen molar-refractivity contribution < 1.29 is 0 Å². The molecule has 2 N–H and O–H groups in total. The van der Waals surface area contributed by atoms with E-state index in [9.17, 15) is 0 Å². The predicted molar refractivity (Wildman–Crippen MR) is 81.8 cm³/mol. The molecule has 1 aromatic carbocycles. The third-order valence-corrected chi connectivity index (χ3v) is 4.18. The predicted octanol–water partition coefficient (Wildman–Crippen LogP) is 2.41. The monoisotopic (exact) mass is 322 g/mol. The Balaban J connectivity index is 2.50. The highest BCUT2D eigenvalue weighted by molar-refractivity contribution is 9.10. The van der Waals surface area contributed by atoms with Crippen LogP contribution in [0.2, 0.25) is 0 Å². The maximum Gasteiger partial charge on any atom is 0.140 e. The van der Waals surface area contributed by atoms with Gasteiger partial charge in [-0.05, 0) is 30.0 Å². The topological polar surface area (TPSA) is 47.1 Å². The van der Waals surface area contributed by atoms with Crippen LogP contribution in [0.4, 0.5) is 0 Å². The quantitative estimate of drug-likeness (QED) is 0.940. The van der Waals surface area contributed by atoms with Crippen molar-refractivity contribution in [3.63, 3.8) is 0 Å². The molecule has 2 rings (SSSR count). The summed E-state index contributed by atoms with van der Waals surface area (Å²) < 4.78 is 3.03. The highest BCUT2D eigenvalue weighted by atomic mass is 79.9. The van der Waals surface area contributed by atoms with Crippen molar-refractivity contribution in [2.45, 2.75) is 6.04 Å². The first-order valence-corrected chi connectivity index (χ1v) is 6.99. The van der Waals surface area contributed by atoms with Gasteiger partial charge in [0.25, 0.3) is 0 Å². The molecule has 0 amide bonds. The molecule has 1 heterocycles. The van der Waals surface area contributed by atoms with Gasteiger partial charge in [0, 0.05) is 19.2 Å². The Kier molecular flexibility index (Phi) is 4.39. The van der Waals surface area contributed by atoms with E-state index in [1.165, 1.54) is 0 Å². The van der Waals surface area contributed by atoms with Crippen LogP contribution in [0.3, 0.4) is 0 Å². The van der Waals surface area contributed by atoms with E-state index in [1.54, 1.807) is 0 Å². The van der Waals surface area contributed by atoms with E-state index < -0.39 is 0 Å². The van der Waals surface area contributed by atoms with Gasteiger partial charge in [0.2, 0.25) is 0 Å². The van der Waals surface area contributed by atoms with Gasteiger partial charge in [-0.3, -0.25) is 4.90 Å². The number of likely N-dealkylation sites (N-methyl/N-ethyl adjacent to an activating group) is 1. The molecule has 0 aliphatic rings. The first-order valence-electron chi connectivity index (χ1n) is 6.20. The van der Waals surface area contributed by atoms with Crippen LogP contribution in [0.15, 0.2) is 34.9 Å². The van der Waals surface area contributed by atoms with E-state index in [2.05, 4.69) is 37.5 Å². The highest BCUT2D eigenvalue weighted by Crippen LogP contribution is 2.30. The summed E-state index contributed by atoms with van der Waals surface area (Å²) in [6, 6.07) is 10.3. The normalized spacial score (nSPS) is 12.9. The number of hydrogen-bond acceptors (Lipinski definition) is 3. The molecule has 5 heteroatoms. The van der Waals surface area contributed by atoms with Crippen LogP contribution in [0.25, 0.3) is 11.4 Å². The van der Waals surface area contributed by atoms with Crippen molar-refractivity contribution in [3.8, 4) is 11.4 Å². The Morgan fingerprint density at radius 1 is 1.32 bits per heavy atom. The summed E-state index contributed by atoms with van der Waals surface area (Å²) in [5.74, 6) is 0.947. The number of halogens is 1. The van der Waals surface area contributed by atoms with Crippen molar-refractivity contribution >= 4 is 15.9 Å². The molecule has 19 heavy (non-hydrogen) atoms. The van der Waals surface area contributed by atoms with Crippen molar-refractivity contribution in [2.24, 2.45) is 12.8 Å². The first-order chi connectivity index (χ1) is 9.06. The summed E-state index contributed by atoms with van der Waals surface area (Å²) >= 11 is 3.63. The maximum atomic E-state index is 5.86. The Hall–Kier alpha value is -1.17. The van der Waals surface area contributed by atoms with Crippen molar-refractivity contribution in [3.05, 3.63) is 40.6 Å². The minimum Gasteiger partial charge on any atom is -0.329 e. The number of benzene rings is 1. The van der Waals surface area contributed by atoms with E-state index in [-0.39, 0.29) is 6.04 Å². The number of hydrogen-bond donors (Lipinski definition) is 1. The number of nitrogens with zero attached hydrogens (tertiary/aromatic N) is 3. The van der Waals surface area contributed by atoms with Crippen LogP contribution in [-0.2, 0) is 7.05 Å². The van der Waals surface area contributed by atoms with Crippen LogP contribution in [0, 0.1) is 0 Å². The largest absolute Gasteiger partial charge is 0.329 e. The minimum absolute atomic E-state index is 0.109. The standard InChI is InChI=1S/C14H19BrN4/c1-18(2)11(9-16)12-13(15)19(3)14(17-12)10-7-5-4-6-8-10/h4-8,11H,9,16H2,1-3H3. The summed E-state index contributed by atoms with van der Waals surface area (Å²) in [4.78, 5) is 6.85. The van der Waals surface area contributed by atoms with Crippen molar-refractivity contribution in [2.75, 3.05) is 20.6 Å². The molecule has 4 nitrogen and oxygen atoms in total. The van der Waals surface area contributed by atoms with Gasteiger partial charge in [-0.15, -0.1) is 0 Å². The zero-order valence-corrected chi connectivity index (χ0v) is 13.1. The third-order valence-electron chi connectivity index (χ3n) is 3.24. The van der Waals surface area contributed by atoms with Gasteiger partial charge in [-0.25, -0.2) is 4.98 Å². The van der Waals surface area contributed by atoms with Gasteiger partial charge in [0.15, 0.2) is 0 Å². The lowest BCUT2D eigenvalue weighted by atomic mass is 10.2. The number of imidazole rings is 1. The summed E-state index contributed by atoms with van der Waals surface area (Å²) in [6.45, 7) is 0.539. The van der Waals surface area contributed by atoms with Crippen LogP contribution < -0.4 is 5.73 Å². The molecule has 0 saturated carbocycles. The fraction of sp³-hybridized carbons (Fsp3) is 0.357. The fourth-order valence-corrected chi connectivity index (χ4v) is 2.65. The maximum absolute atomic E-state index is 5.86. The molecule has 0 bridgehead atoms. The molecule has 0 saturated heterocycles. The average Bonchev–Trinajstić information content (AvgIpc) is 2.69. The van der Waals surface area contributed by atoms with Crippen molar-refractivity contribution in [1.82, 2.24) is 14.5 Å². The summed E-state index contributed by atoms with van der Waals surface area (Å²) in [5.41, 5.74) is 7.94. The van der Waals surface area contributed by atoms with Crippen LogP contribution in [0.1, 0.15) is 11.7 Å². The lowest BCUT2D eigenvalue weighted by Gasteiger charge is -2.21. The van der Waals surface area contributed by atoms with Gasteiger partial charge < -0.3 is 10.3 Å². The number of rotatable bonds is 4. The molecule has 2 aromatic rings. The van der Waals surface area contributed by atoms with Gasteiger partial charge >= 0.3 is 0 Å². The second-order valence-corrected chi connectivity index (χ2v) is 5.50. The smallest absolute Gasteiger partial charge is 0.140 e. The lowest BCUT2D eigenvalue weighted by Crippen LogP contribution is -2.27. The van der Waals surface area contributed by atoms with Crippen LogP contribution in [-0.4, -0.2) is 35.1 Å². The fourth-order valence-electron chi connectivity index (χ4n) is 2.12. The molecule has 1 unspecified atom stereocenters. The van der Waals surface area contributed by atoms with Gasteiger partial charge in [0.1, 0.15) is 10.4 Å². The van der Waals surface area contributed by atoms with E-state index in [0.717, 1.165) is 21.7 Å². The Bertz CT molecular complexity index is 548. The van der Waals surface area contributed by atoms with E-state index in [4.69, 9.17) is 10.7 Å². The minimum atomic E-state index is 0.109. The SMILES string of the molecule is CN(C)C(CN)c1nc(-c2ccccc2)n(C)c1Br. The molecule has 0 aliphatic heterocycles. The highest BCUT2D eigenvalue weighted by Gasteiger charge is 2.22. The van der Waals surface area contributed by atoms with Gasteiger partial charge in [-0.1, -0.05) is 30.3 Å². The zero-order chi connectivity index (χ0) is 14.0. The van der Waals surface area contributed by atoms with Crippen LogP contribution >= 0.6 is 15.9 Å². The second kappa shape index (κ2) is 5.86.